The fourth-order valence-corrected chi connectivity index (χ4v) is 4.58. The molecule has 7 nitrogen and oxygen atoms in total. The molecule has 1 unspecified atom stereocenters. The fraction of sp³-hybridized carbons (Fsp3) is 0.611. The van der Waals surface area contributed by atoms with Crippen LogP contribution in [0.2, 0.25) is 0 Å². The maximum atomic E-state index is 12.7. The highest BCUT2D eigenvalue weighted by Gasteiger charge is 2.50. The Morgan fingerprint density at radius 3 is 2.59 bits per heavy atom. The van der Waals surface area contributed by atoms with Crippen molar-refractivity contribution < 1.29 is 26.3 Å². The summed E-state index contributed by atoms with van der Waals surface area (Å²) in [6.45, 7) is 0.837. The van der Waals surface area contributed by atoms with E-state index in [1.165, 1.54) is 0 Å². The summed E-state index contributed by atoms with van der Waals surface area (Å²) in [6, 6.07) is 7.82. The number of halogens is 3. The van der Waals surface area contributed by atoms with Crippen LogP contribution in [0.15, 0.2) is 29.3 Å². The number of para-hydroxylation sites is 1. The molecule has 0 bridgehead atoms. The molecule has 1 saturated heterocycles. The smallest absolute Gasteiger partial charge is 0.493 e. The van der Waals surface area contributed by atoms with Crippen LogP contribution in [0.3, 0.4) is 0 Å². The quantitative estimate of drug-likeness (QED) is 0.561. The number of hydrogen-bond donors (Lipinski definition) is 2. The largest absolute Gasteiger partial charge is 0.511 e. The van der Waals surface area contributed by atoms with Gasteiger partial charge in [-0.3, -0.25) is 4.99 Å². The van der Waals surface area contributed by atoms with E-state index in [0.717, 1.165) is 17.7 Å². The first kappa shape index (κ1) is 21.7. The zero-order valence-electron chi connectivity index (χ0n) is 16.1. The minimum Gasteiger partial charge on any atom is -0.493 e. The summed E-state index contributed by atoms with van der Waals surface area (Å²) < 4.78 is 67.2. The van der Waals surface area contributed by atoms with Gasteiger partial charge in [-0.25, -0.2) is 8.42 Å². The lowest BCUT2D eigenvalue weighted by molar-refractivity contribution is -0.0496. The van der Waals surface area contributed by atoms with E-state index in [4.69, 9.17) is 4.74 Å². The van der Waals surface area contributed by atoms with Gasteiger partial charge in [0, 0.05) is 38.7 Å². The van der Waals surface area contributed by atoms with Gasteiger partial charge >= 0.3 is 15.5 Å². The summed E-state index contributed by atoms with van der Waals surface area (Å²) in [6.07, 6.45) is 1.50. The Labute approximate surface area is 168 Å². The van der Waals surface area contributed by atoms with Crippen LogP contribution in [-0.4, -0.2) is 57.5 Å². The number of rotatable bonds is 4. The predicted molar refractivity (Wildman–Crippen MR) is 103 cm³/mol. The van der Waals surface area contributed by atoms with Crippen LogP contribution in [0, 0.1) is 5.92 Å². The molecule has 0 radical (unpaired) electrons. The minimum atomic E-state index is -5.25. The van der Waals surface area contributed by atoms with Crippen LogP contribution in [0.4, 0.5) is 13.2 Å². The van der Waals surface area contributed by atoms with E-state index < -0.39 is 15.5 Å². The van der Waals surface area contributed by atoms with E-state index in [0.29, 0.717) is 36.3 Å². The van der Waals surface area contributed by atoms with E-state index in [9.17, 15) is 21.6 Å². The van der Waals surface area contributed by atoms with Crippen LogP contribution in [0.1, 0.15) is 30.9 Å². The number of guanidine groups is 1. The summed E-state index contributed by atoms with van der Waals surface area (Å²) in [4.78, 5) is 4.22. The lowest BCUT2D eigenvalue weighted by Crippen LogP contribution is -2.47. The maximum absolute atomic E-state index is 12.7. The van der Waals surface area contributed by atoms with Crippen LogP contribution >= 0.6 is 0 Å². The number of hydrogen-bond acceptors (Lipinski definition) is 4. The molecule has 1 aromatic rings. The van der Waals surface area contributed by atoms with Crippen LogP contribution < -0.4 is 15.4 Å². The molecule has 2 aliphatic rings. The lowest BCUT2D eigenvalue weighted by Gasteiger charge is -2.32. The van der Waals surface area contributed by atoms with Crippen molar-refractivity contribution in [1.82, 2.24) is 14.9 Å². The highest BCUT2D eigenvalue weighted by atomic mass is 32.2. The molecule has 3 rings (SSSR count). The third-order valence-corrected chi connectivity index (χ3v) is 6.89. The number of benzene rings is 1. The van der Waals surface area contributed by atoms with Gasteiger partial charge in [-0.15, -0.1) is 0 Å². The molecule has 2 N–H and O–H groups in total. The number of piperidine rings is 1. The Kier molecular flexibility index (Phi) is 6.57. The third-order valence-electron chi connectivity index (χ3n) is 5.26. The van der Waals surface area contributed by atoms with Gasteiger partial charge in [-0.05, 0) is 24.8 Å². The van der Waals surface area contributed by atoms with Crippen molar-refractivity contribution in [3.63, 3.8) is 0 Å². The first-order chi connectivity index (χ1) is 13.7. The number of nitrogens with zero attached hydrogens (tertiary/aromatic N) is 2. The lowest BCUT2D eigenvalue weighted by atomic mass is 9.98. The molecule has 0 saturated carbocycles. The van der Waals surface area contributed by atoms with Gasteiger partial charge in [0.05, 0.1) is 12.6 Å². The zero-order chi connectivity index (χ0) is 21.1. The second-order valence-electron chi connectivity index (χ2n) is 7.12. The molecule has 162 valence electrons. The average molecular weight is 434 g/mol. The van der Waals surface area contributed by atoms with Crippen molar-refractivity contribution in [2.24, 2.45) is 10.9 Å². The summed E-state index contributed by atoms with van der Waals surface area (Å²) in [5.74, 6) is 1.50. The van der Waals surface area contributed by atoms with E-state index in [2.05, 4.69) is 15.6 Å². The second kappa shape index (κ2) is 8.78. The number of alkyl halides is 3. The Morgan fingerprint density at radius 2 is 1.93 bits per heavy atom. The standard InChI is InChI=1S/C18H25F3N4O3S/c1-22-17(24-15-8-11-28-16-5-3-2-4-14(15)16)23-12-13-6-9-25(10-7-13)29(26,27)18(19,20)21/h2-5,13,15H,6-12H2,1H3,(H2,22,23,24). The monoisotopic (exact) mass is 434 g/mol. The molecular formula is C18H25F3N4O3S. The van der Waals surface area contributed by atoms with Crippen molar-refractivity contribution in [2.45, 2.75) is 30.8 Å². The number of fused-ring (bicyclic) bond motifs is 1. The Morgan fingerprint density at radius 1 is 1.24 bits per heavy atom. The normalized spacial score (nSPS) is 21.9. The predicted octanol–water partition coefficient (Wildman–Crippen LogP) is 2.24. The molecule has 0 spiro atoms. The van der Waals surface area contributed by atoms with Gasteiger partial charge in [0.2, 0.25) is 0 Å². The second-order valence-corrected chi connectivity index (χ2v) is 9.05. The van der Waals surface area contributed by atoms with Gasteiger partial charge < -0.3 is 15.4 Å². The summed E-state index contributed by atoms with van der Waals surface area (Å²) in [5.41, 5.74) is -4.20. The molecule has 1 atom stereocenters. The highest BCUT2D eigenvalue weighted by Crippen LogP contribution is 2.32. The summed E-state index contributed by atoms with van der Waals surface area (Å²) in [7, 11) is -3.59. The first-order valence-electron chi connectivity index (χ1n) is 9.47. The molecule has 0 aromatic heterocycles. The van der Waals surface area contributed by atoms with E-state index in [-0.39, 0.29) is 25.0 Å². The molecule has 0 aliphatic carbocycles. The van der Waals surface area contributed by atoms with Crippen molar-refractivity contribution in [1.29, 1.82) is 0 Å². The van der Waals surface area contributed by atoms with E-state index >= 15 is 0 Å². The van der Waals surface area contributed by atoms with Crippen molar-refractivity contribution in [3.05, 3.63) is 29.8 Å². The number of ether oxygens (including phenoxy) is 1. The van der Waals surface area contributed by atoms with E-state index in [1.54, 1.807) is 7.05 Å². The maximum Gasteiger partial charge on any atom is 0.511 e. The van der Waals surface area contributed by atoms with Crippen LogP contribution in [0.5, 0.6) is 5.75 Å². The van der Waals surface area contributed by atoms with E-state index in [1.807, 2.05) is 24.3 Å². The molecule has 2 aliphatic heterocycles. The molecule has 1 fully saturated rings. The minimum absolute atomic E-state index is 0.0462. The van der Waals surface area contributed by atoms with Gasteiger partial charge in [-0.2, -0.15) is 17.5 Å². The van der Waals surface area contributed by atoms with Crippen LogP contribution in [0.25, 0.3) is 0 Å². The van der Waals surface area contributed by atoms with Gasteiger partial charge in [-0.1, -0.05) is 18.2 Å². The Balaban J connectivity index is 1.51. The topological polar surface area (TPSA) is 83.0 Å². The van der Waals surface area contributed by atoms with Crippen molar-refractivity contribution in [2.75, 3.05) is 33.3 Å². The average Bonchev–Trinajstić information content (AvgIpc) is 2.70. The molecule has 2 heterocycles. The molecular weight excluding hydrogens is 409 g/mol. The van der Waals surface area contributed by atoms with Gasteiger partial charge in [0.1, 0.15) is 5.75 Å². The Hall–Kier alpha value is -2.01. The highest BCUT2D eigenvalue weighted by molar-refractivity contribution is 7.90. The molecule has 1 aromatic carbocycles. The summed E-state index contributed by atoms with van der Waals surface area (Å²) in [5, 5.41) is 6.57. The molecule has 11 heteroatoms. The van der Waals surface area contributed by atoms with Gasteiger partial charge in [0.15, 0.2) is 5.96 Å². The van der Waals surface area contributed by atoms with Crippen molar-refractivity contribution in [3.8, 4) is 5.75 Å². The third kappa shape index (κ3) is 4.95. The zero-order valence-corrected chi connectivity index (χ0v) is 16.9. The molecule has 0 amide bonds. The summed E-state index contributed by atoms with van der Waals surface area (Å²) >= 11 is 0. The van der Waals surface area contributed by atoms with Gasteiger partial charge in [0.25, 0.3) is 0 Å². The van der Waals surface area contributed by atoms with Crippen molar-refractivity contribution >= 4 is 16.0 Å². The SMILES string of the molecule is CN=C(NCC1CCN(S(=O)(=O)C(F)(F)F)CC1)NC1CCOc2ccccc21. The van der Waals surface area contributed by atoms with Crippen LogP contribution in [-0.2, 0) is 10.0 Å². The fourth-order valence-electron chi connectivity index (χ4n) is 3.59. The Bertz CT molecular complexity index is 837. The first-order valence-corrected chi connectivity index (χ1v) is 10.9. The number of sulfonamides is 1. The number of nitrogens with one attached hydrogen (secondary N) is 2. The number of aliphatic imine (C=N–C) groups is 1. The molecule has 29 heavy (non-hydrogen) atoms.